The molecule has 0 aliphatic carbocycles. The molecular weight excluding hydrogens is 221 g/mol. The summed E-state index contributed by atoms with van der Waals surface area (Å²) in [7, 11) is -4.09. The van der Waals surface area contributed by atoms with Gasteiger partial charge in [-0.3, -0.25) is 0 Å². The van der Waals surface area contributed by atoms with E-state index >= 15 is 0 Å². The van der Waals surface area contributed by atoms with Gasteiger partial charge in [0.2, 0.25) is 0 Å². The second-order valence-electron chi connectivity index (χ2n) is 2.05. The van der Waals surface area contributed by atoms with E-state index in [0.717, 1.165) is 0 Å². The van der Waals surface area contributed by atoms with Crippen LogP contribution in [0.15, 0.2) is 14.7 Å². The topological polar surface area (TPSA) is 163 Å². The lowest BCUT2D eigenvalue weighted by molar-refractivity contribution is 0.577. The van der Waals surface area contributed by atoms with Crippen LogP contribution < -0.4 is 0 Å². The molecule has 11 heteroatoms. The molecule has 10 nitrogen and oxygen atoms in total. The van der Waals surface area contributed by atoms with E-state index in [1.807, 2.05) is 0 Å². The van der Waals surface area contributed by atoms with Crippen LogP contribution in [0.5, 0.6) is 0 Å². The molecule has 0 aliphatic heterocycles. The summed E-state index contributed by atoms with van der Waals surface area (Å²) in [5.41, 5.74) is 23.3. The number of unbranched alkanes of at least 4 members (excludes halogenated alkanes) is 1. The minimum Gasteiger partial charge on any atom is -0.303 e. The van der Waals surface area contributed by atoms with Gasteiger partial charge in [-0.05, 0) is 31.2 Å². The second kappa shape index (κ2) is 10.2. The van der Waals surface area contributed by atoms with Crippen molar-refractivity contribution >= 4 is 7.59 Å². The van der Waals surface area contributed by atoms with Gasteiger partial charge in [-0.1, -0.05) is 26.7 Å². The number of rotatable bonds is 4. The molecule has 0 bridgehead atoms. The first-order chi connectivity index (χ1) is 7.10. The Labute approximate surface area is 85.7 Å². The first-order valence-electron chi connectivity index (χ1n) is 3.90. The summed E-state index contributed by atoms with van der Waals surface area (Å²) >= 11 is 0. The molecule has 0 amide bonds. The maximum Gasteiger partial charge on any atom is 0.341 e. The fraction of sp³-hybridized carbons (Fsp3) is 1.00. The van der Waals surface area contributed by atoms with Gasteiger partial charge in [-0.15, -0.1) is 0 Å². The van der Waals surface area contributed by atoms with Crippen molar-refractivity contribution in [2.75, 3.05) is 0 Å². The number of hydrogen-bond donors (Lipinski definition) is 0. The van der Waals surface area contributed by atoms with Crippen molar-refractivity contribution in [2.24, 2.45) is 14.7 Å². The van der Waals surface area contributed by atoms with Crippen LogP contribution in [-0.4, -0.2) is 0 Å². The van der Waals surface area contributed by atoms with Gasteiger partial charge in [0.25, 0.3) is 0 Å². The Hall–Kier alpha value is -1.84. The zero-order valence-electron chi connectivity index (χ0n) is 8.29. The Balaban J connectivity index is 0. The molecule has 0 aliphatic rings. The van der Waals surface area contributed by atoms with Crippen LogP contribution in [0.2, 0.25) is 0 Å². The predicted octanol–water partition coefficient (Wildman–Crippen LogP) is 4.83. The van der Waals surface area contributed by atoms with Gasteiger partial charge in [0.15, 0.2) is 0 Å². The van der Waals surface area contributed by atoms with Crippen LogP contribution in [0.25, 0.3) is 31.3 Å². The van der Waals surface area contributed by atoms with Crippen LogP contribution in [-0.2, 0) is 4.57 Å². The Morgan fingerprint density at radius 3 is 1.33 bits per heavy atom. The van der Waals surface area contributed by atoms with Crippen LogP contribution >= 0.6 is 7.59 Å². The van der Waals surface area contributed by atoms with Gasteiger partial charge in [0, 0.05) is 14.7 Å². The summed E-state index contributed by atoms with van der Waals surface area (Å²) in [6.07, 6.45) is 2.64. The van der Waals surface area contributed by atoms with E-state index in [4.69, 9.17) is 16.6 Å². The molecule has 0 fully saturated rings. The van der Waals surface area contributed by atoms with E-state index < -0.39 is 7.59 Å². The summed E-state index contributed by atoms with van der Waals surface area (Å²) in [6, 6.07) is 0. The molecule has 0 atom stereocenters. The van der Waals surface area contributed by atoms with Crippen molar-refractivity contribution < 1.29 is 4.57 Å². The lowest BCUT2D eigenvalue weighted by atomic mass is 10.4. The molecule has 0 heterocycles. The highest BCUT2D eigenvalue weighted by Crippen LogP contribution is 2.51. The molecular formula is C4H10N9OP. The standard InChI is InChI=1S/C4H10.N9OP/c1-3-4-2;1-4-7-11(10,8-5-2)9-6-3/h3-4H2,1-2H3;. The average Bonchev–Trinajstić information content (AvgIpc) is 2.19. The highest BCUT2D eigenvalue weighted by molar-refractivity contribution is 7.59. The molecule has 0 radical (unpaired) electrons. The van der Waals surface area contributed by atoms with Gasteiger partial charge in [0.1, 0.15) is 0 Å². The Morgan fingerprint density at radius 2 is 1.20 bits per heavy atom. The van der Waals surface area contributed by atoms with E-state index in [1.165, 1.54) is 12.8 Å². The van der Waals surface area contributed by atoms with E-state index in [9.17, 15) is 4.57 Å². The Morgan fingerprint density at radius 1 is 0.933 bits per heavy atom. The van der Waals surface area contributed by atoms with Crippen molar-refractivity contribution in [1.82, 2.24) is 0 Å². The molecule has 0 rings (SSSR count). The van der Waals surface area contributed by atoms with Gasteiger partial charge in [0.05, 0.1) is 0 Å². The molecule has 0 spiro atoms. The fourth-order valence-electron chi connectivity index (χ4n) is 0.210. The summed E-state index contributed by atoms with van der Waals surface area (Å²) < 4.78 is 10.8. The van der Waals surface area contributed by atoms with Gasteiger partial charge in [-0.25, -0.2) is 0 Å². The molecule has 0 aromatic rings. The highest BCUT2D eigenvalue weighted by atomic mass is 31.2. The molecule has 0 saturated heterocycles. The minimum atomic E-state index is -4.09. The summed E-state index contributed by atoms with van der Waals surface area (Å²) in [5.74, 6) is 0. The largest absolute Gasteiger partial charge is 0.341 e. The third-order valence-corrected chi connectivity index (χ3v) is 1.91. The molecule has 0 saturated carbocycles. The van der Waals surface area contributed by atoms with Crippen molar-refractivity contribution in [1.29, 1.82) is 0 Å². The number of nitrogens with zero attached hydrogens (tertiary/aromatic N) is 9. The first kappa shape index (κ1) is 15.6. The third kappa shape index (κ3) is 10.1. The Bertz CT molecular complexity index is 304. The lowest BCUT2D eigenvalue weighted by Crippen LogP contribution is -1.57. The fourth-order valence-corrected chi connectivity index (χ4v) is 0.630. The van der Waals surface area contributed by atoms with E-state index in [1.54, 1.807) is 0 Å². The molecule has 0 aromatic heterocycles. The summed E-state index contributed by atoms with van der Waals surface area (Å²) in [5, 5.41) is 0. The summed E-state index contributed by atoms with van der Waals surface area (Å²) in [6.45, 7) is 4.36. The average molecular weight is 231 g/mol. The molecule has 0 unspecified atom stereocenters. The second-order valence-corrected chi connectivity index (χ2v) is 3.61. The van der Waals surface area contributed by atoms with Gasteiger partial charge < -0.3 is 4.57 Å². The smallest absolute Gasteiger partial charge is 0.303 e. The predicted molar refractivity (Wildman–Crippen MR) is 55.6 cm³/mol. The van der Waals surface area contributed by atoms with Crippen molar-refractivity contribution in [3.63, 3.8) is 0 Å². The zero-order valence-corrected chi connectivity index (χ0v) is 9.19. The quantitative estimate of drug-likeness (QED) is 0.287. The lowest BCUT2D eigenvalue weighted by Gasteiger charge is -1.89. The van der Waals surface area contributed by atoms with Gasteiger partial charge >= 0.3 is 7.59 Å². The van der Waals surface area contributed by atoms with Crippen LogP contribution in [0.1, 0.15) is 26.7 Å². The van der Waals surface area contributed by atoms with Gasteiger partial charge in [-0.2, -0.15) is 0 Å². The molecule has 15 heavy (non-hydrogen) atoms. The van der Waals surface area contributed by atoms with Crippen LogP contribution in [0.3, 0.4) is 0 Å². The summed E-state index contributed by atoms with van der Waals surface area (Å²) in [4.78, 5) is 13.8. The van der Waals surface area contributed by atoms with Crippen LogP contribution in [0.4, 0.5) is 0 Å². The van der Waals surface area contributed by atoms with E-state index in [2.05, 4.69) is 43.2 Å². The zero-order chi connectivity index (χ0) is 12.2. The highest BCUT2D eigenvalue weighted by Gasteiger charge is 2.14. The SMILES string of the molecule is CCCC.[N-]=[N+]=NP(=O)(N=[N+]=[N-])N=[N+]=[N-]. The van der Waals surface area contributed by atoms with Crippen LogP contribution in [0, 0.1) is 0 Å². The number of hydrogen-bond acceptors (Lipinski definition) is 1. The molecule has 82 valence electrons. The number of azide groups is 1. The first-order valence-corrected chi connectivity index (χ1v) is 5.46. The Kier molecular flexibility index (Phi) is 10.7. The van der Waals surface area contributed by atoms with Crippen molar-refractivity contribution in [2.45, 2.75) is 26.7 Å². The minimum absolute atomic E-state index is 1.32. The molecule has 0 N–H and O–H groups in total. The maximum absolute atomic E-state index is 10.8. The van der Waals surface area contributed by atoms with Crippen molar-refractivity contribution in [3.05, 3.63) is 31.3 Å². The van der Waals surface area contributed by atoms with E-state index in [0.29, 0.717) is 0 Å². The molecule has 0 aromatic carbocycles. The third-order valence-electron chi connectivity index (χ3n) is 0.970. The normalized spacial score (nSPS) is 11.3. The van der Waals surface area contributed by atoms with Crippen molar-refractivity contribution in [3.8, 4) is 0 Å². The maximum atomic E-state index is 10.8. The monoisotopic (exact) mass is 231 g/mol. The van der Waals surface area contributed by atoms with E-state index in [-0.39, 0.29) is 0 Å².